The number of hydrogen-bond donors (Lipinski definition) is 5. The minimum atomic E-state index is -1.44. The molecule has 0 rings (SSSR count). The second kappa shape index (κ2) is 10.0. The van der Waals surface area contributed by atoms with Gasteiger partial charge in [-0.25, -0.2) is 4.79 Å². The number of carboxylic acids is 1. The highest BCUT2D eigenvalue weighted by Crippen LogP contribution is 2.03. The first-order valence-electron chi connectivity index (χ1n) is 6.55. The van der Waals surface area contributed by atoms with Gasteiger partial charge in [0.05, 0.1) is 12.5 Å². The van der Waals surface area contributed by atoms with E-state index in [1.807, 2.05) is 6.26 Å². The van der Waals surface area contributed by atoms with Crippen molar-refractivity contribution in [1.29, 1.82) is 0 Å². The van der Waals surface area contributed by atoms with Gasteiger partial charge in [0.15, 0.2) is 0 Å². The van der Waals surface area contributed by atoms with Gasteiger partial charge in [0.1, 0.15) is 12.1 Å². The van der Waals surface area contributed by atoms with E-state index in [0.717, 1.165) is 0 Å². The summed E-state index contributed by atoms with van der Waals surface area (Å²) in [7, 11) is 0. The van der Waals surface area contributed by atoms with Crippen LogP contribution in [-0.2, 0) is 19.2 Å². The SMILES string of the molecule is CSCCC(NC(=O)C(C)N)C(=O)NC(CC(N)=O)C(=O)O. The molecule has 10 heteroatoms. The second-order valence-corrected chi connectivity index (χ2v) is 5.69. The van der Waals surface area contributed by atoms with Gasteiger partial charge in [-0.3, -0.25) is 14.4 Å². The first-order chi connectivity index (χ1) is 10.2. The molecule has 22 heavy (non-hydrogen) atoms. The highest BCUT2D eigenvalue weighted by Gasteiger charge is 2.27. The number of carbonyl (C=O) groups excluding carboxylic acids is 3. The maximum Gasteiger partial charge on any atom is 0.326 e. The Morgan fingerprint density at radius 2 is 1.68 bits per heavy atom. The van der Waals surface area contributed by atoms with Gasteiger partial charge in [0, 0.05) is 0 Å². The molecule has 3 atom stereocenters. The zero-order valence-corrected chi connectivity index (χ0v) is 13.3. The van der Waals surface area contributed by atoms with Crippen molar-refractivity contribution in [2.24, 2.45) is 11.5 Å². The summed E-state index contributed by atoms with van der Waals surface area (Å²) in [5.74, 6) is -2.88. The van der Waals surface area contributed by atoms with Crippen LogP contribution in [0.15, 0.2) is 0 Å². The summed E-state index contributed by atoms with van der Waals surface area (Å²) in [6.45, 7) is 1.46. The monoisotopic (exact) mass is 334 g/mol. The number of carboxylic acid groups (broad SMARTS) is 1. The van der Waals surface area contributed by atoms with Gasteiger partial charge in [-0.15, -0.1) is 0 Å². The van der Waals surface area contributed by atoms with Gasteiger partial charge in [0.2, 0.25) is 17.7 Å². The van der Waals surface area contributed by atoms with Crippen molar-refractivity contribution < 1.29 is 24.3 Å². The molecule has 0 aromatic heterocycles. The minimum absolute atomic E-state index is 0.300. The Balaban J connectivity index is 4.88. The number of carbonyl (C=O) groups is 4. The van der Waals surface area contributed by atoms with Crippen molar-refractivity contribution in [3.63, 3.8) is 0 Å². The fourth-order valence-electron chi connectivity index (χ4n) is 1.48. The van der Waals surface area contributed by atoms with Gasteiger partial charge in [-0.05, 0) is 25.4 Å². The van der Waals surface area contributed by atoms with Gasteiger partial charge in [-0.2, -0.15) is 11.8 Å². The Morgan fingerprint density at radius 3 is 2.09 bits per heavy atom. The number of hydrogen-bond acceptors (Lipinski definition) is 6. The van der Waals surface area contributed by atoms with E-state index in [1.54, 1.807) is 0 Å². The van der Waals surface area contributed by atoms with Gasteiger partial charge >= 0.3 is 5.97 Å². The molecule has 9 nitrogen and oxygen atoms in total. The summed E-state index contributed by atoms with van der Waals surface area (Å²) in [5.41, 5.74) is 10.4. The normalized spacial score (nSPS) is 14.5. The molecule has 0 radical (unpaired) electrons. The van der Waals surface area contributed by atoms with Crippen LogP contribution in [0.2, 0.25) is 0 Å². The quantitative estimate of drug-likeness (QED) is 0.309. The van der Waals surface area contributed by atoms with Gasteiger partial charge in [0.25, 0.3) is 0 Å². The Labute approximate surface area is 132 Å². The summed E-state index contributed by atoms with van der Waals surface area (Å²) >= 11 is 1.47. The lowest BCUT2D eigenvalue weighted by molar-refractivity contribution is -0.143. The lowest BCUT2D eigenvalue weighted by Gasteiger charge is -2.21. The zero-order valence-electron chi connectivity index (χ0n) is 12.5. The molecule has 0 fully saturated rings. The lowest BCUT2D eigenvalue weighted by atomic mass is 10.1. The average molecular weight is 334 g/mol. The van der Waals surface area contributed by atoms with Crippen molar-refractivity contribution in [3.05, 3.63) is 0 Å². The van der Waals surface area contributed by atoms with E-state index in [-0.39, 0.29) is 0 Å². The van der Waals surface area contributed by atoms with Crippen LogP contribution in [0.3, 0.4) is 0 Å². The lowest BCUT2D eigenvalue weighted by Crippen LogP contribution is -2.54. The van der Waals surface area contributed by atoms with Crippen LogP contribution in [0.4, 0.5) is 0 Å². The maximum absolute atomic E-state index is 12.1. The van der Waals surface area contributed by atoms with E-state index in [2.05, 4.69) is 10.6 Å². The molecule has 0 aliphatic rings. The third kappa shape index (κ3) is 7.84. The van der Waals surface area contributed by atoms with E-state index in [1.165, 1.54) is 18.7 Å². The second-order valence-electron chi connectivity index (χ2n) is 4.70. The number of thioether (sulfide) groups is 1. The molecule has 0 saturated carbocycles. The smallest absolute Gasteiger partial charge is 0.326 e. The molecule has 3 unspecified atom stereocenters. The van der Waals surface area contributed by atoms with Crippen LogP contribution in [0.5, 0.6) is 0 Å². The number of amides is 3. The summed E-state index contributed by atoms with van der Waals surface area (Å²) in [6.07, 6.45) is 1.60. The maximum atomic E-state index is 12.1. The Hall–Kier alpha value is -1.81. The van der Waals surface area contributed by atoms with Crippen molar-refractivity contribution in [2.75, 3.05) is 12.0 Å². The first-order valence-corrected chi connectivity index (χ1v) is 7.94. The van der Waals surface area contributed by atoms with E-state index in [0.29, 0.717) is 12.2 Å². The Kier molecular flexibility index (Phi) is 9.18. The minimum Gasteiger partial charge on any atom is -0.480 e. The van der Waals surface area contributed by atoms with Crippen LogP contribution >= 0.6 is 11.8 Å². The molecule has 0 aromatic carbocycles. The average Bonchev–Trinajstić information content (AvgIpc) is 2.41. The first kappa shape index (κ1) is 20.2. The van der Waals surface area contributed by atoms with Crippen LogP contribution in [0.1, 0.15) is 19.8 Å². The summed E-state index contributed by atoms with van der Waals surface area (Å²) in [6, 6.07) is -3.17. The third-order valence-corrected chi connectivity index (χ3v) is 3.32. The van der Waals surface area contributed by atoms with E-state index in [9.17, 15) is 19.2 Å². The molecule has 0 aliphatic carbocycles. The van der Waals surface area contributed by atoms with E-state index < -0.39 is 48.2 Å². The van der Waals surface area contributed by atoms with Crippen molar-refractivity contribution >= 4 is 35.5 Å². The molecule has 0 saturated heterocycles. The zero-order chi connectivity index (χ0) is 17.3. The molecule has 0 aromatic rings. The summed E-state index contributed by atoms with van der Waals surface area (Å²) in [4.78, 5) is 45.5. The molecular formula is C12H22N4O5S. The molecule has 3 amide bonds. The molecular weight excluding hydrogens is 312 g/mol. The Morgan fingerprint density at radius 1 is 1.14 bits per heavy atom. The van der Waals surface area contributed by atoms with Crippen LogP contribution in [0.25, 0.3) is 0 Å². The number of nitrogens with one attached hydrogen (secondary N) is 2. The highest BCUT2D eigenvalue weighted by molar-refractivity contribution is 7.98. The molecule has 7 N–H and O–H groups in total. The number of nitrogens with two attached hydrogens (primary N) is 2. The highest BCUT2D eigenvalue weighted by atomic mass is 32.2. The molecule has 0 bridgehead atoms. The van der Waals surface area contributed by atoms with Crippen LogP contribution in [0, 0.1) is 0 Å². The topological polar surface area (TPSA) is 165 Å². The molecule has 0 heterocycles. The van der Waals surface area contributed by atoms with Crippen molar-refractivity contribution in [3.8, 4) is 0 Å². The standard InChI is InChI=1S/C12H22N4O5S/c1-6(13)10(18)15-7(3-4-22-2)11(19)16-8(12(20)21)5-9(14)17/h6-8H,3-5,13H2,1-2H3,(H2,14,17)(H,15,18)(H,16,19)(H,20,21). The van der Waals surface area contributed by atoms with Crippen molar-refractivity contribution in [1.82, 2.24) is 10.6 Å². The van der Waals surface area contributed by atoms with Gasteiger partial charge < -0.3 is 27.2 Å². The molecule has 0 aliphatic heterocycles. The number of primary amides is 1. The fraction of sp³-hybridized carbons (Fsp3) is 0.667. The Bertz CT molecular complexity index is 430. The van der Waals surface area contributed by atoms with Crippen LogP contribution < -0.4 is 22.1 Å². The summed E-state index contributed by atoms with van der Waals surface area (Å²) in [5, 5.41) is 13.6. The van der Waals surface area contributed by atoms with Crippen molar-refractivity contribution in [2.45, 2.75) is 37.9 Å². The van der Waals surface area contributed by atoms with Gasteiger partial charge in [-0.1, -0.05) is 0 Å². The third-order valence-electron chi connectivity index (χ3n) is 2.68. The predicted molar refractivity (Wildman–Crippen MR) is 82.0 cm³/mol. The van der Waals surface area contributed by atoms with E-state index >= 15 is 0 Å². The van der Waals surface area contributed by atoms with Crippen LogP contribution in [-0.4, -0.2) is 58.9 Å². The fourth-order valence-corrected chi connectivity index (χ4v) is 1.95. The molecule has 0 spiro atoms. The number of rotatable bonds is 10. The largest absolute Gasteiger partial charge is 0.480 e. The summed E-state index contributed by atoms with van der Waals surface area (Å²) < 4.78 is 0. The number of aliphatic carboxylic acids is 1. The van der Waals surface area contributed by atoms with E-state index in [4.69, 9.17) is 16.6 Å². The molecule has 126 valence electrons. The predicted octanol–water partition coefficient (Wildman–Crippen LogP) is -1.98.